The van der Waals surface area contributed by atoms with Crippen molar-refractivity contribution < 1.29 is 19.1 Å². The average Bonchev–Trinajstić information content (AvgIpc) is 2.41. The fraction of sp³-hybridized carbons (Fsp3) is 0.875. The van der Waals surface area contributed by atoms with E-state index in [0.717, 1.165) is 32.1 Å². The van der Waals surface area contributed by atoms with Crippen molar-refractivity contribution in [1.82, 2.24) is 0 Å². The molecule has 0 aromatic rings. The predicted molar refractivity (Wildman–Crippen MR) is 79.4 cm³/mol. The minimum atomic E-state index is -0.309. The Hall–Kier alpha value is -1.06. The van der Waals surface area contributed by atoms with Crippen molar-refractivity contribution in [2.45, 2.75) is 72.1 Å². The van der Waals surface area contributed by atoms with Gasteiger partial charge in [-0.1, -0.05) is 40.0 Å². The molecule has 0 aliphatic carbocycles. The lowest BCUT2D eigenvalue weighted by Crippen LogP contribution is -2.11. The van der Waals surface area contributed by atoms with Crippen LogP contribution >= 0.6 is 0 Å². The zero-order chi connectivity index (χ0) is 15.2. The molecule has 0 heterocycles. The molecule has 118 valence electrons. The van der Waals surface area contributed by atoms with Crippen LogP contribution in [0.5, 0.6) is 0 Å². The van der Waals surface area contributed by atoms with Gasteiger partial charge in [0.15, 0.2) is 0 Å². The molecule has 20 heavy (non-hydrogen) atoms. The largest absolute Gasteiger partial charge is 0.466 e. The van der Waals surface area contributed by atoms with Crippen molar-refractivity contribution in [3.8, 4) is 0 Å². The number of unbranched alkanes of at least 4 members (excludes halogenated alkanes) is 3. The minimum Gasteiger partial charge on any atom is -0.466 e. The Morgan fingerprint density at radius 2 is 1.40 bits per heavy atom. The van der Waals surface area contributed by atoms with Crippen molar-refractivity contribution in [2.24, 2.45) is 5.92 Å². The Morgan fingerprint density at radius 3 is 1.90 bits per heavy atom. The lowest BCUT2D eigenvalue weighted by molar-refractivity contribution is -0.150. The molecule has 0 aromatic carbocycles. The van der Waals surface area contributed by atoms with Crippen LogP contribution in [0.4, 0.5) is 0 Å². The number of rotatable bonds is 12. The third-order valence-corrected chi connectivity index (χ3v) is 2.98. The highest BCUT2D eigenvalue weighted by atomic mass is 16.5. The average molecular weight is 286 g/mol. The second kappa shape index (κ2) is 12.9. The van der Waals surface area contributed by atoms with Gasteiger partial charge >= 0.3 is 11.9 Å². The van der Waals surface area contributed by atoms with Gasteiger partial charge < -0.3 is 9.47 Å². The van der Waals surface area contributed by atoms with Gasteiger partial charge in [-0.2, -0.15) is 0 Å². The second-order valence-electron chi connectivity index (χ2n) is 5.54. The molecule has 4 heteroatoms. The maximum Gasteiger partial charge on any atom is 0.306 e. The van der Waals surface area contributed by atoms with Crippen molar-refractivity contribution >= 4 is 11.9 Å². The molecule has 0 radical (unpaired) electrons. The van der Waals surface area contributed by atoms with E-state index in [-0.39, 0.29) is 24.8 Å². The smallest absolute Gasteiger partial charge is 0.306 e. The number of carbonyl (C=O) groups is 2. The molecule has 0 aromatic heterocycles. The normalized spacial score (nSPS) is 10.6. The van der Waals surface area contributed by atoms with E-state index >= 15 is 0 Å². The van der Waals surface area contributed by atoms with E-state index in [4.69, 9.17) is 9.47 Å². The summed E-state index contributed by atoms with van der Waals surface area (Å²) in [5, 5.41) is 0. The van der Waals surface area contributed by atoms with E-state index in [2.05, 4.69) is 20.8 Å². The molecule has 0 aliphatic rings. The number of carbonyl (C=O) groups excluding carboxylic acids is 2. The number of hydrogen-bond donors (Lipinski definition) is 0. The zero-order valence-electron chi connectivity index (χ0n) is 13.3. The van der Waals surface area contributed by atoms with Crippen LogP contribution in [0.25, 0.3) is 0 Å². The maximum absolute atomic E-state index is 11.4. The van der Waals surface area contributed by atoms with E-state index in [0.29, 0.717) is 19.1 Å². The first-order valence-electron chi connectivity index (χ1n) is 7.87. The maximum atomic E-state index is 11.4. The molecule has 0 saturated carbocycles. The van der Waals surface area contributed by atoms with Gasteiger partial charge in [0, 0.05) is 0 Å². The van der Waals surface area contributed by atoms with Gasteiger partial charge in [-0.25, -0.2) is 0 Å². The number of hydrogen-bond acceptors (Lipinski definition) is 4. The number of ether oxygens (including phenoxy) is 2. The Balaban J connectivity index is 3.42. The highest BCUT2D eigenvalue weighted by Gasteiger charge is 2.09. The van der Waals surface area contributed by atoms with Gasteiger partial charge in [-0.3, -0.25) is 9.59 Å². The molecule has 0 aliphatic heterocycles. The van der Waals surface area contributed by atoms with Crippen molar-refractivity contribution in [2.75, 3.05) is 13.2 Å². The third-order valence-electron chi connectivity index (χ3n) is 2.98. The monoisotopic (exact) mass is 286 g/mol. The summed E-state index contributed by atoms with van der Waals surface area (Å²) >= 11 is 0. The summed E-state index contributed by atoms with van der Waals surface area (Å²) in [6.07, 6.45) is 6.49. The van der Waals surface area contributed by atoms with E-state index < -0.39 is 0 Å². The molecular weight excluding hydrogens is 256 g/mol. The molecule has 0 N–H and O–H groups in total. The molecule has 0 amide bonds. The van der Waals surface area contributed by atoms with Crippen LogP contribution in [0, 0.1) is 5.92 Å². The van der Waals surface area contributed by atoms with Crippen LogP contribution in [-0.2, 0) is 19.1 Å². The molecule has 0 rings (SSSR count). The minimum absolute atomic E-state index is 0.121. The summed E-state index contributed by atoms with van der Waals surface area (Å²) in [5.41, 5.74) is 0. The van der Waals surface area contributed by atoms with E-state index in [9.17, 15) is 9.59 Å². The summed E-state index contributed by atoms with van der Waals surface area (Å²) in [5.74, 6) is 0.00806. The SMILES string of the molecule is CCCCCCOC(=O)CCC(=O)OCCCC(C)C. The van der Waals surface area contributed by atoms with E-state index in [1.54, 1.807) is 0 Å². The van der Waals surface area contributed by atoms with Crippen LogP contribution in [0.15, 0.2) is 0 Å². The van der Waals surface area contributed by atoms with Gasteiger partial charge in [0.05, 0.1) is 26.1 Å². The predicted octanol–water partition coefficient (Wildman–Crippen LogP) is 3.87. The Kier molecular flexibility index (Phi) is 12.3. The molecule has 0 saturated heterocycles. The van der Waals surface area contributed by atoms with Gasteiger partial charge in [-0.05, 0) is 25.2 Å². The molecule has 0 unspecified atom stereocenters. The van der Waals surface area contributed by atoms with E-state index in [1.165, 1.54) is 6.42 Å². The molecule has 0 fully saturated rings. The summed E-state index contributed by atoms with van der Waals surface area (Å²) in [6.45, 7) is 7.32. The van der Waals surface area contributed by atoms with Crippen LogP contribution in [-0.4, -0.2) is 25.2 Å². The first-order chi connectivity index (χ1) is 9.56. The number of esters is 2. The van der Waals surface area contributed by atoms with Crippen molar-refractivity contribution in [1.29, 1.82) is 0 Å². The highest BCUT2D eigenvalue weighted by molar-refractivity contribution is 5.77. The van der Waals surface area contributed by atoms with Crippen LogP contribution in [0.1, 0.15) is 72.1 Å². The van der Waals surface area contributed by atoms with Crippen LogP contribution in [0.3, 0.4) is 0 Å². The van der Waals surface area contributed by atoms with Crippen molar-refractivity contribution in [3.63, 3.8) is 0 Å². The van der Waals surface area contributed by atoms with E-state index in [1.807, 2.05) is 0 Å². The van der Waals surface area contributed by atoms with Gasteiger partial charge in [-0.15, -0.1) is 0 Å². The van der Waals surface area contributed by atoms with Gasteiger partial charge in [0.2, 0.25) is 0 Å². The zero-order valence-corrected chi connectivity index (χ0v) is 13.3. The first-order valence-corrected chi connectivity index (χ1v) is 7.87. The summed E-state index contributed by atoms with van der Waals surface area (Å²) in [6, 6.07) is 0. The first kappa shape index (κ1) is 18.9. The molecule has 4 nitrogen and oxygen atoms in total. The summed E-state index contributed by atoms with van der Waals surface area (Å²) in [7, 11) is 0. The van der Waals surface area contributed by atoms with Gasteiger partial charge in [0.1, 0.15) is 0 Å². The Labute approximate surface area is 123 Å². The third kappa shape index (κ3) is 13.4. The molecule has 0 atom stereocenters. The van der Waals surface area contributed by atoms with Crippen molar-refractivity contribution in [3.05, 3.63) is 0 Å². The Morgan fingerprint density at radius 1 is 0.850 bits per heavy atom. The Bertz CT molecular complexity index is 261. The molecule has 0 spiro atoms. The molecular formula is C16H30O4. The summed E-state index contributed by atoms with van der Waals surface area (Å²) < 4.78 is 10.1. The quantitative estimate of drug-likeness (QED) is 0.404. The second-order valence-corrected chi connectivity index (χ2v) is 5.54. The topological polar surface area (TPSA) is 52.6 Å². The van der Waals surface area contributed by atoms with Crippen LogP contribution < -0.4 is 0 Å². The van der Waals surface area contributed by atoms with Gasteiger partial charge in [0.25, 0.3) is 0 Å². The lowest BCUT2D eigenvalue weighted by atomic mass is 10.1. The standard InChI is InChI=1S/C16H30O4/c1-4-5-6-7-12-19-15(17)10-11-16(18)20-13-8-9-14(2)3/h14H,4-13H2,1-3H3. The highest BCUT2D eigenvalue weighted by Crippen LogP contribution is 2.05. The fourth-order valence-electron chi connectivity index (χ4n) is 1.74. The fourth-order valence-corrected chi connectivity index (χ4v) is 1.74. The summed E-state index contributed by atoms with van der Waals surface area (Å²) in [4.78, 5) is 22.7. The van der Waals surface area contributed by atoms with Crippen LogP contribution in [0.2, 0.25) is 0 Å². The lowest BCUT2D eigenvalue weighted by Gasteiger charge is -2.07. The molecule has 0 bridgehead atoms.